The van der Waals surface area contributed by atoms with Crippen LogP contribution < -0.4 is 5.32 Å². The summed E-state index contributed by atoms with van der Waals surface area (Å²) in [4.78, 5) is 16.2. The van der Waals surface area contributed by atoms with E-state index >= 15 is 0 Å². The lowest BCUT2D eigenvalue weighted by Gasteiger charge is -2.07. The predicted octanol–water partition coefficient (Wildman–Crippen LogP) is 2.96. The van der Waals surface area contributed by atoms with E-state index in [1.165, 1.54) is 29.5 Å². The first-order valence-electron chi connectivity index (χ1n) is 5.80. The zero-order valence-electron chi connectivity index (χ0n) is 10.2. The quantitative estimate of drug-likeness (QED) is 0.632. The molecule has 0 aliphatic rings. The van der Waals surface area contributed by atoms with Crippen molar-refractivity contribution in [3.05, 3.63) is 47.5 Å². The van der Waals surface area contributed by atoms with Gasteiger partial charge in [-0.2, -0.15) is 0 Å². The third-order valence-corrected chi connectivity index (χ3v) is 3.62. The summed E-state index contributed by atoms with van der Waals surface area (Å²) in [6.07, 6.45) is 0. The van der Waals surface area contributed by atoms with Gasteiger partial charge in [-0.25, -0.2) is 4.98 Å². The number of fused-ring (bicyclic) bond motifs is 1. The van der Waals surface area contributed by atoms with Crippen molar-refractivity contribution < 1.29 is 15.0 Å². The van der Waals surface area contributed by atoms with Crippen molar-refractivity contribution in [3.63, 3.8) is 0 Å². The van der Waals surface area contributed by atoms with E-state index < -0.39 is 5.91 Å². The van der Waals surface area contributed by atoms with Gasteiger partial charge in [0.05, 0.1) is 21.3 Å². The molecule has 0 saturated heterocycles. The Labute approximate surface area is 118 Å². The molecule has 1 heterocycles. The Morgan fingerprint density at radius 1 is 1.15 bits per heavy atom. The van der Waals surface area contributed by atoms with Crippen LogP contribution in [-0.4, -0.2) is 21.1 Å². The molecule has 1 aromatic heterocycles. The normalized spacial score (nSPS) is 10.6. The van der Waals surface area contributed by atoms with E-state index in [0.29, 0.717) is 5.69 Å². The fourth-order valence-electron chi connectivity index (χ4n) is 1.84. The molecule has 100 valence electrons. The average Bonchev–Trinajstić information content (AvgIpc) is 2.89. The molecule has 6 heteroatoms. The number of hydrogen-bond donors (Lipinski definition) is 3. The number of carbonyl (C=O) groups excluding carboxylic acids is 1. The van der Waals surface area contributed by atoms with Gasteiger partial charge in [0.15, 0.2) is 0 Å². The van der Waals surface area contributed by atoms with Crippen LogP contribution in [-0.2, 0) is 0 Å². The summed E-state index contributed by atoms with van der Waals surface area (Å²) in [5.41, 5.74) is 3.13. The molecule has 0 fully saturated rings. The highest BCUT2D eigenvalue weighted by Gasteiger charge is 2.12. The van der Waals surface area contributed by atoms with E-state index in [1.54, 1.807) is 17.6 Å². The standard InChI is InChI=1S/C14H10N2O3S/c17-9-2-3-12(18)10(6-9)14(19)16-8-1-4-13-11(5-8)15-7-20-13/h1-7,17-18H,(H,16,19). The number of aromatic nitrogens is 1. The van der Waals surface area contributed by atoms with Gasteiger partial charge in [-0.15, -0.1) is 11.3 Å². The Hall–Kier alpha value is -2.60. The summed E-state index contributed by atoms with van der Waals surface area (Å²) in [6, 6.07) is 9.18. The molecule has 3 aromatic rings. The Kier molecular flexibility index (Phi) is 3.00. The third kappa shape index (κ3) is 2.28. The van der Waals surface area contributed by atoms with Crippen LogP contribution in [0.15, 0.2) is 41.9 Å². The van der Waals surface area contributed by atoms with Gasteiger partial charge in [0.25, 0.3) is 5.91 Å². The number of phenolic OH excluding ortho intramolecular Hbond substituents is 2. The molecule has 0 radical (unpaired) electrons. The summed E-state index contributed by atoms with van der Waals surface area (Å²) < 4.78 is 1.03. The number of nitrogens with one attached hydrogen (secondary N) is 1. The topological polar surface area (TPSA) is 82.5 Å². The highest BCUT2D eigenvalue weighted by atomic mass is 32.1. The van der Waals surface area contributed by atoms with Crippen LogP contribution in [0.3, 0.4) is 0 Å². The molecule has 2 aromatic carbocycles. The number of aromatic hydroxyl groups is 2. The number of thiazole rings is 1. The average molecular weight is 286 g/mol. The fourth-order valence-corrected chi connectivity index (χ4v) is 2.50. The first-order valence-corrected chi connectivity index (χ1v) is 6.68. The highest BCUT2D eigenvalue weighted by molar-refractivity contribution is 7.16. The lowest BCUT2D eigenvalue weighted by molar-refractivity contribution is 0.102. The lowest BCUT2D eigenvalue weighted by Crippen LogP contribution is -2.11. The number of phenols is 2. The molecule has 0 aliphatic heterocycles. The Morgan fingerprint density at radius 3 is 2.85 bits per heavy atom. The summed E-state index contributed by atoms with van der Waals surface area (Å²) in [6.45, 7) is 0. The number of anilines is 1. The number of carbonyl (C=O) groups is 1. The highest BCUT2D eigenvalue weighted by Crippen LogP contribution is 2.25. The number of hydrogen-bond acceptors (Lipinski definition) is 5. The van der Waals surface area contributed by atoms with Crippen LogP contribution in [0.1, 0.15) is 10.4 Å². The van der Waals surface area contributed by atoms with E-state index in [-0.39, 0.29) is 17.1 Å². The van der Waals surface area contributed by atoms with Crippen molar-refractivity contribution in [1.29, 1.82) is 0 Å². The van der Waals surface area contributed by atoms with Crippen LogP contribution in [0.25, 0.3) is 10.2 Å². The first kappa shape index (κ1) is 12.4. The van der Waals surface area contributed by atoms with Crippen LogP contribution in [0, 0.1) is 0 Å². The monoisotopic (exact) mass is 286 g/mol. The van der Waals surface area contributed by atoms with E-state index in [2.05, 4.69) is 10.3 Å². The van der Waals surface area contributed by atoms with Crippen molar-refractivity contribution >= 4 is 33.1 Å². The smallest absolute Gasteiger partial charge is 0.259 e. The van der Waals surface area contributed by atoms with E-state index in [9.17, 15) is 15.0 Å². The van der Waals surface area contributed by atoms with Gasteiger partial charge in [0.2, 0.25) is 0 Å². The molecule has 0 aliphatic carbocycles. The van der Waals surface area contributed by atoms with E-state index in [1.807, 2.05) is 6.07 Å². The SMILES string of the molecule is O=C(Nc1ccc2scnc2c1)c1cc(O)ccc1O. The molecule has 1 amide bonds. The molecule has 3 N–H and O–H groups in total. The van der Waals surface area contributed by atoms with Gasteiger partial charge in [-0.05, 0) is 36.4 Å². The van der Waals surface area contributed by atoms with Crippen LogP contribution in [0.4, 0.5) is 5.69 Å². The van der Waals surface area contributed by atoms with Gasteiger partial charge in [0, 0.05) is 5.69 Å². The Balaban J connectivity index is 1.89. The number of rotatable bonds is 2. The molecule has 0 bridgehead atoms. The predicted molar refractivity (Wildman–Crippen MR) is 77.3 cm³/mol. The van der Waals surface area contributed by atoms with Crippen molar-refractivity contribution in [2.45, 2.75) is 0 Å². The maximum atomic E-state index is 12.1. The third-order valence-electron chi connectivity index (χ3n) is 2.81. The molecule has 20 heavy (non-hydrogen) atoms. The van der Waals surface area contributed by atoms with Crippen LogP contribution in [0.5, 0.6) is 11.5 Å². The second-order valence-corrected chi connectivity index (χ2v) is 5.08. The first-order chi connectivity index (χ1) is 9.63. The zero-order valence-corrected chi connectivity index (χ0v) is 11.0. The van der Waals surface area contributed by atoms with E-state index in [0.717, 1.165) is 10.2 Å². The zero-order chi connectivity index (χ0) is 14.1. The molecule has 0 atom stereocenters. The molecule has 3 rings (SSSR count). The molecular weight excluding hydrogens is 276 g/mol. The molecule has 5 nitrogen and oxygen atoms in total. The number of nitrogens with zero attached hydrogens (tertiary/aromatic N) is 1. The van der Waals surface area contributed by atoms with Crippen molar-refractivity contribution in [3.8, 4) is 11.5 Å². The maximum Gasteiger partial charge on any atom is 0.259 e. The van der Waals surface area contributed by atoms with Crippen molar-refractivity contribution in [1.82, 2.24) is 4.98 Å². The van der Waals surface area contributed by atoms with Gasteiger partial charge in [-0.1, -0.05) is 0 Å². The molecule has 0 unspecified atom stereocenters. The number of benzene rings is 2. The summed E-state index contributed by atoms with van der Waals surface area (Å²) >= 11 is 1.52. The van der Waals surface area contributed by atoms with Crippen molar-refractivity contribution in [2.75, 3.05) is 5.32 Å². The van der Waals surface area contributed by atoms with Gasteiger partial charge in [0.1, 0.15) is 11.5 Å². The summed E-state index contributed by atoms with van der Waals surface area (Å²) in [5, 5.41) is 21.7. The lowest BCUT2D eigenvalue weighted by atomic mass is 10.1. The molecule has 0 spiro atoms. The second-order valence-electron chi connectivity index (χ2n) is 4.19. The van der Waals surface area contributed by atoms with Crippen LogP contribution in [0.2, 0.25) is 0 Å². The Bertz CT molecular complexity index is 798. The number of amides is 1. The minimum atomic E-state index is -0.493. The minimum absolute atomic E-state index is 0.0170. The van der Waals surface area contributed by atoms with Crippen molar-refractivity contribution in [2.24, 2.45) is 0 Å². The largest absolute Gasteiger partial charge is 0.508 e. The molecular formula is C14H10N2O3S. The van der Waals surface area contributed by atoms with Crippen LogP contribution >= 0.6 is 11.3 Å². The fraction of sp³-hybridized carbons (Fsp3) is 0. The minimum Gasteiger partial charge on any atom is -0.508 e. The summed E-state index contributed by atoms with van der Waals surface area (Å²) in [5.74, 6) is -0.758. The second kappa shape index (κ2) is 4.82. The van der Waals surface area contributed by atoms with Gasteiger partial charge in [-0.3, -0.25) is 4.79 Å². The molecule has 0 saturated carbocycles. The van der Waals surface area contributed by atoms with Gasteiger partial charge < -0.3 is 15.5 Å². The summed E-state index contributed by atoms with van der Waals surface area (Å²) in [7, 11) is 0. The maximum absolute atomic E-state index is 12.1. The van der Waals surface area contributed by atoms with Gasteiger partial charge >= 0.3 is 0 Å². The Morgan fingerprint density at radius 2 is 2.00 bits per heavy atom. The van der Waals surface area contributed by atoms with E-state index in [4.69, 9.17) is 0 Å².